The summed E-state index contributed by atoms with van der Waals surface area (Å²) in [5.74, 6) is 0.492. The summed E-state index contributed by atoms with van der Waals surface area (Å²) in [4.78, 5) is 7.64. The Bertz CT molecular complexity index is 283. The fourth-order valence-electron chi connectivity index (χ4n) is 0.564. The Morgan fingerprint density at radius 3 is 3.00 bits per heavy atom. The Morgan fingerprint density at radius 1 is 1.73 bits per heavy atom. The van der Waals surface area contributed by atoms with Crippen LogP contribution < -0.4 is 5.73 Å². The Morgan fingerprint density at radius 2 is 2.45 bits per heavy atom. The molecule has 0 atom stereocenters. The van der Waals surface area contributed by atoms with Crippen LogP contribution in [0.3, 0.4) is 0 Å². The van der Waals surface area contributed by atoms with E-state index in [-0.39, 0.29) is 5.29 Å². The molecule has 0 radical (unpaired) electrons. The zero-order valence-electron chi connectivity index (χ0n) is 5.46. The van der Waals surface area contributed by atoms with Crippen molar-refractivity contribution in [3.63, 3.8) is 0 Å². The van der Waals surface area contributed by atoms with Crippen molar-refractivity contribution in [2.24, 2.45) is 10.7 Å². The molecule has 0 saturated carbocycles. The summed E-state index contributed by atoms with van der Waals surface area (Å²) in [6.07, 6.45) is 1.61. The lowest BCUT2D eigenvalue weighted by Crippen LogP contribution is -2.00. The second-order valence-electron chi connectivity index (χ2n) is 1.77. The minimum atomic E-state index is -0.0180. The van der Waals surface area contributed by atoms with E-state index in [9.17, 15) is 0 Å². The average molecular weight is 234 g/mol. The lowest BCUT2D eigenvalue weighted by Gasteiger charge is -1.92. The molecule has 5 heteroatoms. The van der Waals surface area contributed by atoms with Crippen molar-refractivity contribution in [3.05, 3.63) is 22.8 Å². The van der Waals surface area contributed by atoms with Gasteiger partial charge in [0.1, 0.15) is 0 Å². The van der Waals surface area contributed by atoms with Gasteiger partial charge in [0.15, 0.2) is 11.1 Å². The molecule has 1 heterocycles. The second kappa shape index (κ2) is 3.69. The Hall–Kier alpha value is -0.610. The van der Waals surface area contributed by atoms with Crippen molar-refractivity contribution in [3.8, 4) is 0 Å². The van der Waals surface area contributed by atoms with Gasteiger partial charge in [-0.25, -0.2) is 9.98 Å². The smallest absolute Gasteiger partial charge is 0.195 e. The van der Waals surface area contributed by atoms with Gasteiger partial charge in [0.25, 0.3) is 0 Å². The van der Waals surface area contributed by atoms with Gasteiger partial charge < -0.3 is 5.73 Å². The standard InChI is InChI=1S/C6H5BrClN3/c7-4-1-2-10-5(3-4)11-6(8)9/h1-3H,(H2,9,10,11). The molecule has 0 amide bonds. The highest BCUT2D eigenvalue weighted by Crippen LogP contribution is 2.15. The second-order valence-corrected chi connectivity index (χ2v) is 3.07. The molecule has 1 aromatic heterocycles. The van der Waals surface area contributed by atoms with Crippen LogP contribution in [0.25, 0.3) is 0 Å². The number of nitrogens with two attached hydrogens (primary N) is 1. The number of hydrogen-bond acceptors (Lipinski definition) is 2. The summed E-state index contributed by atoms with van der Waals surface area (Å²) in [6.45, 7) is 0. The minimum absolute atomic E-state index is 0.0180. The fourth-order valence-corrected chi connectivity index (χ4v) is 0.974. The van der Waals surface area contributed by atoms with Crippen molar-refractivity contribution in [2.45, 2.75) is 0 Å². The molecule has 2 N–H and O–H groups in total. The van der Waals surface area contributed by atoms with E-state index in [1.54, 1.807) is 18.3 Å². The molecule has 0 unspecified atom stereocenters. The van der Waals surface area contributed by atoms with Gasteiger partial charge in [0.05, 0.1) is 0 Å². The number of nitrogens with zero attached hydrogens (tertiary/aromatic N) is 2. The molecular weight excluding hydrogens is 229 g/mol. The van der Waals surface area contributed by atoms with Crippen LogP contribution in [0, 0.1) is 0 Å². The molecule has 0 fully saturated rings. The van der Waals surface area contributed by atoms with Crippen LogP contribution in [0.2, 0.25) is 0 Å². The van der Waals surface area contributed by atoms with Gasteiger partial charge in [-0.15, -0.1) is 0 Å². The first-order valence-electron chi connectivity index (χ1n) is 2.80. The molecule has 0 spiro atoms. The molecule has 0 aliphatic rings. The van der Waals surface area contributed by atoms with Crippen LogP contribution in [-0.4, -0.2) is 10.3 Å². The third-order valence-corrected chi connectivity index (χ3v) is 1.51. The largest absolute Gasteiger partial charge is 0.374 e. The maximum Gasteiger partial charge on any atom is 0.195 e. The predicted molar refractivity (Wildman–Crippen MR) is 49.1 cm³/mol. The normalized spacial score (nSPS) is 11.6. The molecule has 0 bridgehead atoms. The number of aromatic nitrogens is 1. The Labute approximate surface area is 77.4 Å². The Balaban J connectivity index is 2.97. The van der Waals surface area contributed by atoms with Crippen molar-refractivity contribution < 1.29 is 0 Å². The summed E-state index contributed by atoms with van der Waals surface area (Å²) < 4.78 is 0.893. The third-order valence-electron chi connectivity index (χ3n) is 0.929. The quantitative estimate of drug-likeness (QED) is 0.459. The lowest BCUT2D eigenvalue weighted by atomic mass is 10.5. The molecule has 3 nitrogen and oxygen atoms in total. The summed E-state index contributed by atoms with van der Waals surface area (Å²) in [7, 11) is 0. The molecule has 0 aliphatic heterocycles. The maximum atomic E-state index is 5.34. The van der Waals surface area contributed by atoms with E-state index in [0.717, 1.165) is 4.47 Å². The van der Waals surface area contributed by atoms with Gasteiger partial charge in [0.2, 0.25) is 0 Å². The van der Waals surface area contributed by atoms with E-state index >= 15 is 0 Å². The number of aliphatic imine (C=N–C) groups is 1. The van der Waals surface area contributed by atoms with Crippen LogP contribution in [-0.2, 0) is 0 Å². The highest BCUT2D eigenvalue weighted by Gasteiger charge is 1.91. The van der Waals surface area contributed by atoms with E-state index in [1.807, 2.05) is 0 Å². The molecule has 58 valence electrons. The summed E-state index contributed by atoms with van der Waals surface area (Å²) in [5.41, 5.74) is 5.13. The van der Waals surface area contributed by atoms with Crippen molar-refractivity contribution in [2.75, 3.05) is 0 Å². The average Bonchev–Trinajstić information content (AvgIpc) is 1.85. The van der Waals surface area contributed by atoms with Crippen LogP contribution in [0.5, 0.6) is 0 Å². The monoisotopic (exact) mass is 233 g/mol. The van der Waals surface area contributed by atoms with E-state index in [4.69, 9.17) is 17.3 Å². The Kier molecular flexibility index (Phi) is 2.84. The topological polar surface area (TPSA) is 51.3 Å². The zero-order valence-corrected chi connectivity index (χ0v) is 7.80. The first-order chi connectivity index (χ1) is 5.18. The van der Waals surface area contributed by atoms with E-state index in [2.05, 4.69) is 25.9 Å². The molecule has 0 aliphatic carbocycles. The summed E-state index contributed by atoms with van der Waals surface area (Å²) in [5, 5.41) is -0.0180. The number of halogens is 2. The van der Waals surface area contributed by atoms with E-state index < -0.39 is 0 Å². The van der Waals surface area contributed by atoms with Gasteiger partial charge in [-0.2, -0.15) is 0 Å². The van der Waals surface area contributed by atoms with Crippen LogP contribution in [0.4, 0.5) is 5.82 Å². The minimum Gasteiger partial charge on any atom is -0.374 e. The summed E-state index contributed by atoms with van der Waals surface area (Å²) in [6, 6.07) is 3.51. The van der Waals surface area contributed by atoms with Gasteiger partial charge in [-0.3, -0.25) is 0 Å². The lowest BCUT2D eigenvalue weighted by molar-refractivity contribution is 1.26. The highest BCUT2D eigenvalue weighted by atomic mass is 79.9. The van der Waals surface area contributed by atoms with Crippen LogP contribution in [0.1, 0.15) is 0 Å². The van der Waals surface area contributed by atoms with Crippen molar-refractivity contribution >= 4 is 38.6 Å². The molecule has 1 aromatic rings. The van der Waals surface area contributed by atoms with Crippen LogP contribution in [0.15, 0.2) is 27.8 Å². The highest BCUT2D eigenvalue weighted by molar-refractivity contribution is 9.10. The van der Waals surface area contributed by atoms with Gasteiger partial charge in [-0.05, 0) is 23.7 Å². The molecule has 0 saturated heterocycles. The van der Waals surface area contributed by atoms with Gasteiger partial charge >= 0.3 is 0 Å². The number of rotatable bonds is 1. The third kappa shape index (κ3) is 2.86. The summed E-state index contributed by atoms with van der Waals surface area (Å²) >= 11 is 8.60. The fraction of sp³-hybridized carbons (Fsp3) is 0. The van der Waals surface area contributed by atoms with E-state index in [1.165, 1.54) is 0 Å². The SMILES string of the molecule is NC(Cl)=Nc1cc(Br)ccn1. The molecule has 11 heavy (non-hydrogen) atoms. The maximum absolute atomic E-state index is 5.34. The van der Waals surface area contributed by atoms with Gasteiger partial charge in [0, 0.05) is 10.7 Å². The van der Waals surface area contributed by atoms with Crippen molar-refractivity contribution in [1.82, 2.24) is 4.98 Å². The molecule has 1 rings (SSSR count). The first-order valence-corrected chi connectivity index (χ1v) is 3.97. The number of hydrogen-bond donors (Lipinski definition) is 1. The van der Waals surface area contributed by atoms with E-state index in [0.29, 0.717) is 5.82 Å². The predicted octanol–water partition coefficient (Wildman–Crippen LogP) is 2.03. The molecule has 0 aromatic carbocycles. The number of pyridine rings is 1. The number of amidine groups is 1. The van der Waals surface area contributed by atoms with Gasteiger partial charge in [-0.1, -0.05) is 15.9 Å². The zero-order chi connectivity index (χ0) is 8.27. The first kappa shape index (κ1) is 8.49. The van der Waals surface area contributed by atoms with Crippen LogP contribution >= 0.6 is 27.5 Å². The molecular formula is C6H5BrClN3. The van der Waals surface area contributed by atoms with Crippen molar-refractivity contribution in [1.29, 1.82) is 0 Å².